The Hall–Kier alpha value is -0.280. The standard InChI is InChI=1S/C4H10.C2H2F4/c1-3-4-2;3-1-2(4,5)6/h3-4H2,1-2H3;1H2. The van der Waals surface area contributed by atoms with Crippen molar-refractivity contribution in [2.45, 2.75) is 32.9 Å². The highest BCUT2D eigenvalue weighted by Crippen LogP contribution is 2.13. The first-order chi connectivity index (χ1) is 4.47. The second-order valence-corrected chi connectivity index (χ2v) is 1.75. The van der Waals surface area contributed by atoms with Gasteiger partial charge in [0.05, 0.1) is 0 Å². The highest BCUT2D eigenvalue weighted by atomic mass is 19.4. The number of unbranched alkanes of at least 4 members (excludes halogenated alkanes) is 1. The number of halogens is 4. The van der Waals surface area contributed by atoms with Gasteiger partial charge in [0.2, 0.25) is 0 Å². The number of alkyl halides is 4. The molecule has 0 saturated carbocycles. The maximum atomic E-state index is 10.4. The molecule has 0 fully saturated rings. The largest absolute Gasteiger partial charge is 0.416 e. The van der Waals surface area contributed by atoms with Crippen LogP contribution in [0.1, 0.15) is 26.7 Å². The molecule has 0 aliphatic carbocycles. The highest BCUT2D eigenvalue weighted by molar-refractivity contribution is 4.39. The fraction of sp³-hybridized carbons (Fsp3) is 1.00. The molecule has 0 aromatic carbocycles. The highest BCUT2D eigenvalue weighted by Gasteiger charge is 2.26. The molecule has 0 spiro atoms. The molecule has 4 heteroatoms. The molecule has 0 amide bonds. The molecule has 0 nitrogen and oxygen atoms in total. The van der Waals surface area contributed by atoms with Crippen molar-refractivity contribution in [2.75, 3.05) is 6.67 Å². The molecule has 0 heterocycles. The fourth-order valence-electron chi connectivity index (χ4n) is 0. The van der Waals surface area contributed by atoms with Crippen molar-refractivity contribution in [1.82, 2.24) is 0 Å². The first kappa shape index (κ1) is 12.4. The minimum Gasteiger partial charge on any atom is -0.241 e. The van der Waals surface area contributed by atoms with Crippen molar-refractivity contribution in [1.29, 1.82) is 0 Å². The molecule has 0 aromatic heterocycles. The minimum absolute atomic E-state index is 1.32. The first-order valence-corrected chi connectivity index (χ1v) is 3.10. The molecule has 0 rings (SSSR count). The summed E-state index contributed by atoms with van der Waals surface area (Å²) in [7, 11) is 0. The summed E-state index contributed by atoms with van der Waals surface area (Å²) in [6.07, 6.45) is -1.99. The van der Waals surface area contributed by atoms with Crippen LogP contribution in [0.15, 0.2) is 0 Å². The van der Waals surface area contributed by atoms with Crippen molar-refractivity contribution in [3.8, 4) is 0 Å². The van der Waals surface area contributed by atoms with Crippen molar-refractivity contribution in [2.24, 2.45) is 0 Å². The van der Waals surface area contributed by atoms with E-state index in [9.17, 15) is 17.6 Å². The maximum absolute atomic E-state index is 10.4. The van der Waals surface area contributed by atoms with Gasteiger partial charge in [0, 0.05) is 0 Å². The Bertz CT molecular complexity index is 55.3. The average molecular weight is 160 g/mol. The average Bonchev–Trinajstić information content (AvgIpc) is 1.87. The summed E-state index contributed by atoms with van der Waals surface area (Å²) in [6.45, 7) is 2.13. The Morgan fingerprint density at radius 1 is 1.00 bits per heavy atom. The molecular formula is C6H12F4. The second kappa shape index (κ2) is 6.83. The van der Waals surface area contributed by atoms with E-state index in [2.05, 4.69) is 13.8 Å². The van der Waals surface area contributed by atoms with E-state index < -0.39 is 12.9 Å². The molecule has 0 aliphatic heterocycles. The lowest BCUT2D eigenvalue weighted by Crippen LogP contribution is -2.08. The van der Waals surface area contributed by atoms with E-state index in [1.807, 2.05) is 0 Å². The van der Waals surface area contributed by atoms with Crippen LogP contribution >= 0.6 is 0 Å². The quantitative estimate of drug-likeness (QED) is 0.516. The molecule has 0 bridgehead atoms. The van der Waals surface area contributed by atoms with Crippen LogP contribution in [0.25, 0.3) is 0 Å². The molecule has 0 saturated heterocycles. The molecule has 0 aliphatic rings. The third-order valence-corrected chi connectivity index (χ3v) is 0.652. The summed E-state index contributed by atoms with van der Waals surface area (Å²) in [5, 5.41) is 0. The number of hydrogen-bond donors (Lipinski definition) is 0. The van der Waals surface area contributed by atoms with Gasteiger partial charge in [-0.15, -0.1) is 0 Å². The van der Waals surface area contributed by atoms with Gasteiger partial charge in [-0.05, 0) is 0 Å². The zero-order valence-electron chi connectivity index (χ0n) is 6.13. The van der Waals surface area contributed by atoms with Gasteiger partial charge in [0.15, 0.2) is 6.67 Å². The summed E-state index contributed by atoms with van der Waals surface area (Å²) in [6, 6.07) is 0. The molecule has 64 valence electrons. The van der Waals surface area contributed by atoms with Gasteiger partial charge in [0.1, 0.15) is 0 Å². The van der Waals surface area contributed by atoms with Crippen molar-refractivity contribution in [3.05, 3.63) is 0 Å². The first-order valence-electron chi connectivity index (χ1n) is 3.10. The lowest BCUT2D eigenvalue weighted by molar-refractivity contribution is -0.142. The van der Waals surface area contributed by atoms with E-state index >= 15 is 0 Å². The second-order valence-electron chi connectivity index (χ2n) is 1.75. The van der Waals surface area contributed by atoms with Crippen LogP contribution < -0.4 is 0 Å². The SMILES string of the molecule is CCCC.FCC(F)(F)F. The molecule has 10 heavy (non-hydrogen) atoms. The van der Waals surface area contributed by atoms with Crippen molar-refractivity contribution < 1.29 is 17.6 Å². The van der Waals surface area contributed by atoms with E-state index in [4.69, 9.17) is 0 Å². The van der Waals surface area contributed by atoms with Gasteiger partial charge in [-0.2, -0.15) is 13.2 Å². The summed E-state index contributed by atoms with van der Waals surface area (Å²) >= 11 is 0. The molecule has 0 unspecified atom stereocenters. The Morgan fingerprint density at radius 3 is 1.20 bits per heavy atom. The summed E-state index contributed by atoms with van der Waals surface area (Å²) < 4.78 is 41.6. The Labute approximate surface area is 58.2 Å². The summed E-state index contributed by atoms with van der Waals surface area (Å²) in [4.78, 5) is 0. The van der Waals surface area contributed by atoms with Crippen LogP contribution in [0, 0.1) is 0 Å². The molecule has 0 radical (unpaired) electrons. The Kier molecular flexibility index (Phi) is 8.48. The van der Waals surface area contributed by atoms with Gasteiger partial charge in [0.25, 0.3) is 0 Å². The monoisotopic (exact) mass is 160 g/mol. The van der Waals surface area contributed by atoms with E-state index in [0.717, 1.165) is 0 Å². The van der Waals surface area contributed by atoms with E-state index in [1.165, 1.54) is 12.8 Å². The summed E-state index contributed by atoms with van der Waals surface area (Å²) in [5.41, 5.74) is 0. The number of hydrogen-bond acceptors (Lipinski definition) is 0. The normalized spacial score (nSPS) is 10.2. The fourth-order valence-corrected chi connectivity index (χ4v) is 0. The van der Waals surface area contributed by atoms with Crippen molar-refractivity contribution >= 4 is 0 Å². The van der Waals surface area contributed by atoms with Crippen LogP contribution in [0.5, 0.6) is 0 Å². The smallest absolute Gasteiger partial charge is 0.241 e. The van der Waals surface area contributed by atoms with Gasteiger partial charge >= 0.3 is 6.18 Å². The lowest BCUT2D eigenvalue weighted by atomic mass is 10.4. The van der Waals surface area contributed by atoms with Gasteiger partial charge in [-0.1, -0.05) is 26.7 Å². The number of rotatable bonds is 1. The van der Waals surface area contributed by atoms with E-state index in [0.29, 0.717) is 0 Å². The molecular weight excluding hydrogens is 148 g/mol. The Balaban J connectivity index is 0. The zero-order chi connectivity index (χ0) is 8.62. The zero-order valence-corrected chi connectivity index (χ0v) is 6.13. The van der Waals surface area contributed by atoms with Crippen molar-refractivity contribution in [3.63, 3.8) is 0 Å². The van der Waals surface area contributed by atoms with Crippen LogP contribution in [0.3, 0.4) is 0 Å². The third kappa shape index (κ3) is 25.2. The van der Waals surface area contributed by atoms with Crippen LogP contribution in [0.4, 0.5) is 17.6 Å². The van der Waals surface area contributed by atoms with Gasteiger partial charge in [-0.25, -0.2) is 4.39 Å². The third-order valence-electron chi connectivity index (χ3n) is 0.652. The van der Waals surface area contributed by atoms with Crippen LogP contribution in [0.2, 0.25) is 0 Å². The van der Waals surface area contributed by atoms with Crippen LogP contribution in [-0.2, 0) is 0 Å². The summed E-state index contributed by atoms with van der Waals surface area (Å²) in [5.74, 6) is 0. The maximum Gasteiger partial charge on any atom is 0.416 e. The topological polar surface area (TPSA) is 0 Å². The molecule has 0 atom stereocenters. The van der Waals surface area contributed by atoms with Gasteiger partial charge in [-0.3, -0.25) is 0 Å². The van der Waals surface area contributed by atoms with E-state index in [-0.39, 0.29) is 0 Å². The van der Waals surface area contributed by atoms with Gasteiger partial charge < -0.3 is 0 Å². The van der Waals surface area contributed by atoms with E-state index in [1.54, 1.807) is 0 Å². The Morgan fingerprint density at radius 2 is 1.20 bits per heavy atom. The minimum atomic E-state index is -4.62. The molecule has 0 N–H and O–H groups in total. The van der Waals surface area contributed by atoms with Crippen LogP contribution in [-0.4, -0.2) is 12.9 Å². The predicted octanol–water partition coefficient (Wildman–Crippen LogP) is 3.32. The lowest BCUT2D eigenvalue weighted by Gasteiger charge is -1.93. The molecule has 0 aromatic rings. The predicted molar refractivity (Wildman–Crippen MR) is 32.6 cm³/mol.